The van der Waals surface area contributed by atoms with Crippen molar-refractivity contribution in [1.29, 1.82) is 0 Å². The predicted molar refractivity (Wildman–Crippen MR) is 81.6 cm³/mol. The Morgan fingerprint density at radius 1 is 1.20 bits per heavy atom. The standard InChI is InChI=1S/C17H25NO2/c1-12(2)14-11-15(13(3)10-16(14)20-4)17(19)18-8-6-5-7-9-18/h10-12H,5-9H2,1-4H3. The van der Waals surface area contributed by atoms with Crippen LogP contribution in [0.15, 0.2) is 12.1 Å². The second-order valence-electron chi connectivity index (χ2n) is 5.92. The first-order valence-electron chi connectivity index (χ1n) is 7.52. The van der Waals surface area contributed by atoms with Crippen molar-refractivity contribution < 1.29 is 9.53 Å². The summed E-state index contributed by atoms with van der Waals surface area (Å²) in [6.07, 6.45) is 3.48. The number of hydrogen-bond donors (Lipinski definition) is 0. The highest BCUT2D eigenvalue weighted by Crippen LogP contribution is 2.30. The smallest absolute Gasteiger partial charge is 0.254 e. The van der Waals surface area contributed by atoms with Crippen LogP contribution in [0.3, 0.4) is 0 Å². The number of benzene rings is 1. The van der Waals surface area contributed by atoms with Crippen molar-refractivity contribution in [2.45, 2.75) is 46.0 Å². The topological polar surface area (TPSA) is 29.5 Å². The lowest BCUT2D eigenvalue weighted by Gasteiger charge is -2.28. The van der Waals surface area contributed by atoms with E-state index in [1.165, 1.54) is 6.42 Å². The van der Waals surface area contributed by atoms with Gasteiger partial charge in [-0.3, -0.25) is 4.79 Å². The lowest BCUT2D eigenvalue weighted by Crippen LogP contribution is -2.36. The van der Waals surface area contributed by atoms with Crippen molar-refractivity contribution in [1.82, 2.24) is 4.90 Å². The Kier molecular flexibility index (Phi) is 4.69. The molecule has 110 valence electrons. The number of nitrogens with zero attached hydrogens (tertiary/aromatic N) is 1. The second-order valence-corrected chi connectivity index (χ2v) is 5.92. The number of carbonyl (C=O) groups excluding carboxylic acids is 1. The van der Waals surface area contributed by atoms with Gasteiger partial charge in [-0.1, -0.05) is 13.8 Å². The van der Waals surface area contributed by atoms with Crippen LogP contribution >= 0.6 is 0 Å². The van der Waals surface area contributed by atoms with Crippen molar-refractivity contribution in [3.63, 3.8) is 0 Å². The van der Waals surface area contributed by atoms with Gasteiger partial charge in [0.2, 0.25) is 0 Å². The van der Waals surface area contributed by atoms with Crippen LogP contribution in [0.2, 0.25) is 0 Å². The highest BCUT2D eigenvalue weighted by Gasteiger charge is 2.22. The Labute approximate surface area is 121 Å². The molecule has 0 aromatic heterocycles. The van der Waals surface area contributed by atoms with Crippen molar-refractivity contribution in [2.24, 2.45) is 0 Å². The molecule has 0 aliphatic carbocycles. The summed E-state index contributed by atoms with van der Waals surface area (Å²) in [4.78, 5) is 14.7. The molecule has 1 aromatic carbocycles. The van der Waals surface area contributed by atoms with Gasteiger partial charge in [0.15, 0.2) is 0 Å². The molecule has 0 N–H and O–H groups in total. The normalized spacial score (nSPS) is 15.6. The number of methoxy groups -OCH3 is 1. The number of likely N-dealkylation sites (tertiary alicyclic amines) is 1. The third kappa shape index (κ3) is 2.97. The van der Waals surface area contributed by atoms with E-state index in [4.69, 9.17) is 4.74 Å². The van der Waals surface area contributed by atoms with Gasteiger partial charge < -0.3 is 9.64 Å². The van der Waals surface area contributed by atoms with Crippen molar-refractivity contribution in [2.75, 3.05) is 20.2 Å². The second kappa shape index (κ2) is 6.29. The third-order valence-corrected chi connectivity index (χ3v) is 4.07. The summed E-state index contributed by atoms with van der Waals surface area (Å²) in [7, 11) is 1.69. The Bertz CT molecular complexity index is 488. The minimum atomic E-state index is 0.173. The number of ether oxygens (including phenoxy) is 1. The van der Waals surface area contributed by atoms with E-state index in [1.807, 2.05) is 24.0 Å². The monoisotopic (exact) mass is 275 g/mol. The summed E-state index contributed by atoms with van der Waals surface area (Å²) in [5.74, 6) is 1.40. The lowest BCUT2D eigenvalue weighted by molar-refractivity contribution is 0.0723. The molecule has 0 unspecified atom stereocenters. The minimum Gasteiger partial charge on any atom is -0.496 e. The molecule has 1 saturated heterocycles. The van der Waals surface area contributed by atoms with Gasteiger partial charge in [0, 0.05) is 18.7 Å². The van der Waals surface area contributed by atoms with Gasteiger partial charge in [0.1, 0.15) is 5.75 Å². The van der Waals surface area contributed by atoms with Crippen LogP contribution in [0.5, 0.6) is 5.75 Å². The third-order valence-electron chi connectivity index (χ3n) is 4.07. The molecule has 0 spiro atoms. The number of rotatable bonds is 3. The van der Waals surface area contributed by atoms with Crippen LogP contribution in [0.4, 0.5) is 0 Å². The first-order chi connectivity index (χ1) is 9.54. The molecule has 1 amide bonds. The summed E-state index contributed by atoms with van der Waals surface area (Å²) in [5.41, 5.74) is 2.94. The van der Waals surface area contributed by atoms with E-state index in [-0.39, 0.29) is 5.91 Å². The van der Waals surface area contributed by atoms with Crippen LogP contribution in [-0.2, 0) is 0 Å². The van der Waals surface area contributed by atoms with Crippen molar-refractivity contribution >= 4 is 5.91 Å². The average Bonchev–Trinajstić information content (AvgIpc) is 2.46. The van der Waals surface area contributed by atoms with E-state index >= 15 is 0 Å². The van der Waals surface area contributed by atoms with Crippen LogP contribution in [0.1, 0.15) is 60.5 Å². The maximum absolute atomic E-state index is 12.7. The molecule has 1 aromatic rings. The van der Waals surface area contributed by atoms with E-state index in [2.05, 4.69) is 13.8 Å². The maximum Gasteiger partial charge on any atom is 0.254 e. The van der Waals surface area contributed by atoms with Gasteiger partial charge in [-0.2, -0.15) is 0 Å². The van der Waals surface area contributed by atoms with E-state index in [0.717, 1.165) is 48.4 Å². The largest absolute Gasteiger partial charge is 0.496 e. The Hall–Kier alpha value is -1.51. The van der Waals surface area contributed by atoms with Crippen molar-refractivity contribution in [3.05, 3.63) is 28.8 Å². The Balaban J connectivity index is 2.35. The first kappa shape index (κ1) is 14.9. The molecule has 1 aliphatic heterocycles. The van der Waals surface area contributed by atoms with Gasteiger partial charge in [-0.05, 0) is 55.4 Å². The quantitative estimate of drug-likeness (QED) is 0.840. The molecule has 0 saturated carbocycles. The van der Waals surface area contributed by atoms with Crippen LogP contribution < -0.4 is 4.74 Å². The molecule has 0 atom stereocenters. The molecule has 3 heteroatoms. The fraction of sp³-hybridized carbons (Fsp3) is 0.588. The fourth-order valence-corrected chi connectivity index (χ4v) is 2.82. The zero-order chi connectivity index (χ0) is 14.7. The van der Waals surface area contributed by atoms with E-state index in [0.29, 0.717) is 5.92 Å². The molecular weight excluding hydrogens is 250 g/mol. The molecule has 1 aliphatic rings. The highest BCUT2D eigenvalue weighted by molar-refractivity contribution is 5.96. The Morgan fingerprint density at radius 2 is 1.85 bits per heavy atom. The number of aryl methyl sites for hydroxylation is 1. The summed E-state index contributed by atoms with van der Waals surface area (Å²) in [6, 6.07) is 4.02. The zero-order valence-electron chi connectivity index (χ0n) is 13.0. The van der Waals surface area contributed by atoms with Gasteiger partial charge in [-0.15, -0.1) is 0 Å². The number of carbonyl (C=O) groups is 1. The molecule has 1 heterocycles. The van der Waals surface area contributed by atoms with Crippen LogP contribution in [0, 0.1) is 6.92 Å². The van der Waals surface area contributed by atoms with Crippen LogP contribution in [0.25, 0.3) is 0 Å². The summed E-state index contributed by atoms with van der Waals surface area (Å²) in [6.45, 7) is 8.02. The van der Waals surface area contributed by atoms with E-state index in [1.54, 1.807) is 7.11 Å². The lowest BCUT2D eigenvalue weighted by atomic mass is 9.95. The maximum atomic E-state index is 12.7. The van der Waals surface area contributed by atoms with Crippen LogP contribution in [-0.4, -0.2) is 31.0 Å². The van der Waals surface area contributed by atoms with Gasteiger partial charge in [-0.25, -0.2) is 0 Å². The SMILES string of the molecule is COc1cc(C)c(C(=O)N2CCCCC2)cc1C(C)C. The fourth-order valence-electron chi connectivity index (χ4n) is 2.82. The average molecular weight is 275 g/mol. The van der Waals surface area contributed by atoms with Gasteiger partial charge in [0.05, 0.1) is 7.11 Å². The molecule has 0 radical (unpaired) electrons. The molecule has 1 fully saturated rings. The van der Waals surface area contributed by atoms with Gasteiger partial charge in [0.25, 0.3) is 5.91 Å². The predicted octanol–water partition coefficient (Wildman–Crippen LogP) is 3.75. The zero-order valence-corrected chi connectivity index (χ0v) is 13.0. The van der Waals surface area contributed by atoms with Crippen molar-refractivity contribution in [3.8, 4) is 5.75 Å². The molecular formula is C17H25NO2. The van der Waals surface area contributed by atoms with Gasteiger partial charge >= 0.3 is 0 Å². The van der Waals surface area contributed by atoms with E-state index in [9.17, 15) is 4.79 Å². The minimum absolute atomic E-state index is 0.173. The molecule has 20 heavy (non-hydrogen) atoms. The Morgan fingerprint density at radius 3 is 2.40 bits per heavy atom. The molecule has 3 nitrogen and oxygen atoms in total. The first-order valence-corrected chi connectivity index (χ1v) is 7.52. The molecule has 2 rings (SSSR count). The number of amides is 1. The number of piperidine rings is 1. The summed E-state index contributed by atoms with van der Waals surface area (Å²) in [5, 5.41) is 0. The molecule has 0 bridgehead atoms. The van der Waals surface area contributed by atoms with E-state index < -0.39 is 0 Å². The summed E-state index contributed by atoms with van der Waals surface area (Å²) < 4.78 is 5.44. The highest BCUT2D eigenvalue weighted by atomic mass is 16.5. The number of hydrogen-bond acceptors (Lipinski definition) is 2. The summed E-state index contributed by atoms with van der Waals surface area (Å²) >= 11 is 0.